The number of aromatic nitrogens is 2. The van der Waals surface area contributed by atoms with Gasteiger partial charge in [0.15, 0.2) is 5.78 Å². The highest BCUT2D eigenvalue weighted by atomic mass is 32.1. The van der Waals surface area contributed by atoms with Crippen LogP contribution in [0.15, 0.2) is 5.38 Å². The van der Waals surface area contributed by atoms with Crippen molar-refractivity contribution < 1.29 is 4.79 Å². The van der Waals surface area contributed by atoms with Crippen molar-refractivity contribution in [2.75, 3.05) is 0 Å². The summed E-state index contributed by atoms with van der Waals surface area (Å²) in [5.74, 6) is 0.442. The molecule has 1 saturated carbocycles. The van der Waals surface area contributed by atoms with Crippen molar-refractivity contribution in [2.45, 2.75) is 12.8 Å². The second-order valence-corrected chi connectivity index (χ2v) is 3.04. The maximum absolute atomic E-state index is 11.2. The van der Waals surface area contributed by atoms with Gasteiger partial charge in [-0.15, -0.1) is 5.10 Å². The minimum Gasteiger partial charge on any atom is -0.292 e. The third kappa shape index (κ3) is 0.945. The molecule has 3 nitrogen and oxygen atoms in total. The topological polar surface area (TPSA) is 42.9 Å². The molecule has 1 fully saturated rings. The van der Waals surface area contributed by atoms with Crippen molar-refractivity contribution in [3.05, 3.63) is 11.1 Å². The summed E-state index contributed by atoms with van der Waals surface area (Å²) in [6, 6.07) is 0. The number of rotatable bonds is 2. The summed E-state index contributed by atoms with van der Waals surface area (Å²) in [5.41, 5.74) is 0.549. The molecule has 0 saturated heterocycles. The fourth-order valence-corrected chi connectivity index (χ4v) is 1.27. The normalized spacial score (nSPS) is 17.2. The Labute approximate surface area is 62.2 Å². The van der Waals surface area contributed by atoms with Crippen LogP contribution in [0.2, 0.25) is 0 Å². The molecule has 1 aromatic rings. The average molecular weight is 154 g/mol. The molecule has 52 valence electrons. The standard InChI is InChI=1S/C6H6N2OS/c9-6(4-1-2-4)5-3-10-8-7-5/h3-4H,1-2H2. The van der Waals surface area contributed by atoms with Gasteiger partial charge in [-0.05, 0) is 24.4 Å². The first-order valence-electron chi connectivity index (χ1n) is 3.19. The number of hydrogen-bond donors (Lipinski definition) is 0. The largest absolute Gasteiger partial charge is 0.292 e. The molecule has 0 N–H and O–H groups in total. The van der Waals surface area contributed by atoms with E-state index >= 15 is 0 Å². The molecule has 0 radical (unpaired) electrons. The number of hydrogen-bond acceptors (Lipinski definition) is 4. The van der Waals surface area contributed by atoms with Gasteiger partial charge in [-0.3, -0.25) is 4.79 Å². The van der Waals surface area contributed by atoms with Gasteiger partial charge in [0.05, 0.1) is 0 Å². The predicted molar refractivity (Wildman–Crippen MR) is 37.0 cm³/mol. The van der Waals surface area contributed by atoms with Crippen LogP contribution >= 0.6 is 11.5 Å². The fraction of sp³-hybridized carbons (Fsp3) is 0.500. The van der Waals surface area contributed by atoms with E-state index in [-0.39, 0.29) is 11.7 Å². The van der Waals surface area contributed by atoms with E-state index in [0.29, 0.717) is 5.69 Å². The molecule has 1 heterocycles. The molecule has 1 aliphatic rings. The molecule has 1 aliphatic carbocycles. The molecular formula is C6H6N2OS. The van der Waals surface area contributed by atoms with Gasteiger partial charge in [0.25, 0.3) is 0 Å². The Morgan fingerprint density at radius 2 is 2.50 bits per heavy atom. The summed E-state index contributed by atoms with van der Waals surface area (Å²) in [6.45, 7) is 0. The van der Waals surface area contributed by atoms with Gasteiger partial charge in [0.2, 0.25) is 0 Å². The molecule has 0 atom stereocenters. The van der Waals surface area contributed by atoms with Gasteiger partial charge >= 0.3 is 0 Å². The van der Waals surface area contributed by atoms with Crippen LogP contribution in [-0.4, -0.2) is 15.4 Å². The first kappa shape index (κ1) is 5.97. The molecule has 1 aromatic heterocycles. The highest BCUT2D eigenvalue weighted by molar-refractivity contribution is 7.03. The van der Waals surface area contributed by atoms with E-state index in [1.165, 1.54) is 11.5 Å². The second kappa shape index (κ2) is 2.12. The van der Waals surface area contributed by atoms with Crippen molar-refractivity contribution in [3.8, 4) is 0 Å². The van der Waals surface area contributed by atoms with Gasteiger partial charge < -0.3 is 0 Å². The van der Waals surface area contributed by atoms with Gasteiger partial charge in [0.1, 0.15) is 5.69 Å². The highest BCUT2D eigenvalue weighted by Gasteiger charge is 2.31. The van der Waals surface area contributed by atoms with Crippen LogP contribution in [0.1, 0.15) is 23.3 Å². The summed E-state index contributed by atoms with van der Waals surface area (Å²) in [6.07, 6.45) is 2.08. The quantitative estimate of drug-likeness (QED) is 0.600. The third-order valence-electron chi connectivity index (χ3n) is 1.56. The van der Waals surface area contributed by atoms with Crippen molar-refractivity contribution >= 4 is 17.3 Å². The maximum atomic E-state index is 11.2. The third-order valence-corrected chi connectivity index (χ3v) is 2.07. The van der Waals surface area contributed by atoms with Crippen LogP contribution in [0.25, 0.3) is 0 Å². The van der Waals surface area contributed by atoms with Gasteiger partial charge in [-0.2, -0.15) is 0 Å². The summed E-state index contributed by atoms with van der Waals surface area (Å²) in [4.78, 5) is 11.2. The van der Waals surface area contributed by atoms with Gasteiger partial charge in [0, 0.05) is 11.3 Å². The van der Waals surface area contributed by atoms with E-state index in [9.17, 15) is 4.79 Å². The summed E-state index contributed by atoms with van der Waals surface area (Å²) in [7, 11) is 0. The number of ketones is 1. The van der Waals surface area contributed by atoms with E-state index in [1.54, 1.807) is 5.38 Å². The number of Topliss-reactive ketones (excluding diaryl/α,β-unsaturated/α-hetero) is 1. The molecule has 0 spiro atoms. The van der Waals surface area contributed by atoms with Crippen LogP contribution in [-0.2, 0) is 0 Å². The van der Waals surface area contributed by atoms with Gasteiger partial charge in [-0.1, -0.05) is 4.49 Å². The lowest BCUT2D eigenvalue weighted by Gasteiger charge is -1.86. The summed E-state index contributed by atoms with van der Waals surface area (Å²) < 4.78 is 3.62. The monoisotopic (exact) mass is 154 g/mol. The Balaban J connectivity index is 2.19. The molecule has 0 aromatic carbocycles. The Kier molecular flexibility index (Phi) is 1.27. The molecule has 2 rings (SSSR count). The number of nitrogens with zero attached hydrogens (tertiary/aromatic N) is 2. The lowest BCUT2D eigenvalue weighted by Crippen LogP contribution is -2.00. The van der Waals surface area contributed by atoms with Crippen molar-refractivity contribution in [1.29, 1.82) is 0 Å². The lowest BCUT2D eigenvalue weighted by molar-refractivity contribution is 0.0963. The van der Waals surface area contributed by atoms with E-state index in [1.807, 2.05) is 0 Å². The van der Waals surface area contributed by atoms with Crippen molar-refractivity contribution in [2.24, 2.45) is 5.92 Å². The SMILES string of the molecule is O=C(c1csnn1)C1CC1. The maximum Gasteiger partial charge on any atom is 0.187 e. The Bertz CT molecular complexity index is 240. The van der Waals surface area contributed by atoms with Crippen LogP contribution < -0.4 is 0 Å². The molecule has 4 heteroatoms. The van der Waals surface area contributed by atoms with E-state index in [0.717, 1.165) is 12.8 Å². The fourth-order valence-electron chi connectivity index (χ4n) is 0.827. The van der Waals surface area contributed by atoms with E-state index in [2.05, 4.69) is 9.59 Å². The highest BCUT2D eigenvalue weighted by Crippen LogP contribution is 2.32. The minimum absolute atomic E-state index is 0.175. The average Bonchev–Trinajstić information content (AvgIpc) is 2.65. The van der Waals surface area contributed by atoms with E-state index in [4.69, 9.17) is 0 Å². The van der Waals surface area contributed by atoms with Crippen LogP contribution in [0.4, 0.5) is 0 Å². The first-order valence-corrected chi connectivity index (χ1v) is 4.03. The molecule has 0 unspecified atom stereocenters. The molecule has 0 bridgehead atoms. The van der Waals surface area contributed by atoms with Crippen LogP contribution in [0.3, 0.4) is 0 Å². The van der Waals surface area contributed by atoms with Crippen LogP contribution in [0.5, 0.6) is 0 Å². The zero-order valence-electron chi connectivity index (χ0n) is 5.28. The molecular weight excluding hydrogens is 148 g/mol. The number of carbonyl (C=O) groups is 1. The zero-order valence-corrected chi connectivity index (χ0v) is 6.10. The lowest BCUT2D eigenvalue weighted by atomic mass is 10.2. The van der Waals surface area contributed by atoms with E-state index < -0.39 is 0 Å². The Morgan fingerprint density at radius 1 is 1.70 bits per heavy atom. The predicted octanol–water partition coefficient (Wildman–Crippen LogP) is 1.13. The smallest absolute Gasteiger partial charge is 0.187 e. The molecule has 10 heavy (non-hydrogen) atoms. The minimum atomic E-state index is 0.175. The second-order valence-electron chi connectivity index (χ2n) is 2.43. The Morgan fingerprint density at radius 3 is 3.00 bits per heavy atom. The zero-order chi connectivity index (χ0) is 6.97. The summed E-state index contributed by atoms with van der Waals surface area (Å²) in [5, 5.41) is 5.41. The first-order chi connectivity index (χ1) is 4.88. The Hall–Kier alpha value is -0.770. The number of carbonyl (C=O) groups excluding carboxylic acids is 1. The van der Waals surface area contributed by atoms with Gasteiger partial charge in [-0.25, -0.2) is 0 Å². The summed E-state index contributed by atoms with van der Waals surface area (Å²) >= 11 is 1.23. The van der Waals surface area contributed by atoms with Crippen LogP contribution in [0, 0.1) is 5.92 Å². The van der Waals surface area contributed by atoms with Crippen molar-refractivity contribution in [1.82, 2.24) is 9.59 Å². The van der Waals surface area contributed by atoms with Crippen molar-refractivity contribution in [3.63, 3.8) is 0 Å². The molecule has 0 aliphatic heterocycles. The molecule has 0 amide bonds.